The molecule has 38 heavy (non-hydrogen) atoms. The van der Waals surface area contributed by atoms with Crippen LogP contribution in [0.3, 0.4) is 0 Å². The van der Waals surface area contributed by atoms with Gasteiger partial charge in [-0.3, -0.25) is 9.59 Å². The van der Waals surface area contributed by atoms with Gasteiger partial charge in [-0.15, -0.1) is 0 Å². The molecule has 3 rings (SSSR count). The first-order chi connectivity index (χ1) is 18.2. The van der Waals surface area contributed by atoms with Crippen LogP contribution in [0.1, 0.15) is 60.0 Å². The largest absolute Gasteiger partial charge is 0.494 e. The molecular formula is C30H32F3NO4. The van der Waals surface area contributed by atoms with Gasteiger partial charge in [-0.1, -0.05) is 55.7 Å². The number of halogens is 3. The molecule has 2 N–H and O–H groups in total. The highest BCUT2D eigenvalue weighted by atomic mass is 19.4. The lowest BCUT2D eigenvalue weighted by molar-refractivity contribution is -0.138. The molecule has 3 aromatic carbocycles. The molecule has 0 radical (unpaired) electrons. The molecule has 0 saturated carbocycles. The molecule has 5 nitrogen and oxygen atoms in total. The Morgan fingerprint density at radius 2 is 1.34 bits per heavy atom. The third kappa shape index (κ3) is 9.57. The molecular weight excluding hydrogens is 495 g/mol. The summed E-state index contributed by atoms with van der Waals surface area (Å²) in [6.45, 7) is 0.681. The Bertz CT molecular complexity index is 1160. The summed E-state index contributed by atoms with van der Waals surface area (Å²) in [5.41, 5.74) is 2.69. The molecule has 3 aromatic rings. The number of unbranched alkanes of at least 4 members (excludes halogenated alkanes) is 4. The van der Waals surface area contributed by atoms with E-state index in [-0.39, 0.29) is 18.9 Å². The van der Waals surface area contributed by atoms with E-state index in [0.717, 1.165) is 61.8 Å². The maximum atomic E-state index is 12.7. The molecule has 0 unspecified atom stereocenters. The Hall–Kier alpha value is -3.81. The van der Waals surface area contributed by atoms with Crippen LogP contribution < -0.4 is 10.1 Å². The van der Waals surface area contributed by atoms with Crippen molar-refractivity contribution >= 4 is 11.9 Å². The quantitative estimate of drug-likeness (QED) is 0.218. The first-order valence-electron chi connectivity index (χ1n) is 12.7. The number of nitrogens with one attached hydrogen (secondary N) is 1. The summed E-state index contributed by atoms with van der Waals surface area (Å²) in [7, 11) is 0. The number of carbonyl (C=O) groups is 2. The van der Waals surface area contributed by atoms with Crippen LogP contribution in [-0.2, 0) is 17.4 Å². The number of carbonyl (C=O) groups excluding carboxylic acids is 1. The smallest absolute Gasteiger partial charge is 0.416 e. The van der Waals surface area contributed by atoms with E-state index >= 15 is 0 Å². The Morgan fingerprint density at radius 1 is 0.763 bits per heavy atom. The van der Waals surface area contributed by atoms with Crippen LogP contribution in [-0.4, -0.2) is 30.1 Å². The average molecular weight is 528 g/mol. The number of aryl methyl sites for hydroxylation is 1. The molecule has 0 atom stereocenters. The molecule has 0 bridgehead atoms. The van der Waals surface area contributed by atoms with Gasteiger partial charge < -0.3 is 15.2 Å². The summed E-state index contributed by atoms with van der Waals surface area (Å²) in [6, 6.07) is 20.0. The minimum absolute atomic E-state index is 0.0879. The number of benzene rings is 3. The second-order valence-electron chi connectivity index (χ2n) is 9.06. The fourth-order valence-electron chi connectivity index (χ4n) is 3.95. The highest BCUT2D eigenvalue weighted by Crippen LogP contribution is 2.31. The normalized spacial score (nSPS) is 11.2. The third-order valence-electron chi connectivity index (χ3n) is 6.12. The van der Waals surface area contributed by atoms with E-state index in [1.807, 2.05) is 24.3 Å². The topological polar surface area (TPSA) is 75.6 Å². The molecule has 0 saturated heterocycles. The van der Waals surface area contributed by atoms with Crippen molar-refractivity contribution in [3.8, 4) is 16.9 Å². The highest BCUT2D eigenvalue weighted by Gasteiger charge is 2.29. The summed E-state index contributed by atoms with van der Waals surface area (Å²) < 4.78 is 43.9. The molecule has 8 heteroatoms. The van der Waals surface area contributed by atoms with Crippen LogP contribution in [0.5, 0.6) is 5.75 Å². The molecule has 0 aliphatic heterocycles. The maximum absolute atomic E-state index is 12.7. The number of aliphatic carboxylic acids is 1. The van der Waals surface area contributed by atoms with Crippen LogP contribution in [0, 0.1) is 0 Å². The first-order valence-corrected chi connectivity index (χ1v) is 12.7. The van der Waals surface area contributed by atoms with Crippen molar-refractivity contribution < 1.29 is 32.6 Å². The van der Waals surface area contributed by atoms with Gasteiger partial charge in [-0.05, 0) is 72.4 Å². The van der Waals surface area contributed by atoms with Crippen molar-refractivity contribution in [2.24, 2.45) is 0 Å². The first kappa shape index (κ1) is 28.8. The minimum Gasteiger partial charge on any atom is -0.494 e. The summed E-state index contributed by atoms with van der Waals surface area (Å²) in [6.07, 6.45) is 1.77. The van der Waals surface area contributed by atoms with Gasteiger partial charge in [-0.25, -0.2) is 0 Å². The van der Waals surface area contributed by atoms with Crippen molar-refractivity contribution in [1.29, 1.82) is 0 Å². The van der Waals surface area contributed by atoms with Gasteiger partial charge in [0, 0.05) is 12.1 Å². The SMILES string of the molecule is O=C(O)CCNC(=O)c1ccc(OCCCCCCCc2ccc(-c3ccc(C(F)(F)F)cc3)cc2)cc1. The number of carboxylic acid groups (broad SMARTS) is 1. The summed E-state index contributed by atoms with van der Waals surface area (Å²) in [5.74, 6) is -0.583. The number of carboxylic acids is 1. The second kappa shape index (κ2) is 14.2. The third-order valence-corrected chi connectivity index (χ3v) is 6.12. The van der Waals surface area contributed by atoms with Crippen molar-refractivity contribution in [3.05, 3.63) is 89.5 Å². The Balaban J connectivity index is 1.27. The average Bonchev–Trinajstić information content (AvgIpc) is 2.90. The molecule has 0 heterocycles. The van der Waals surface area contributed by atoms with Crippen molar-refractivity contribution in [3.63, 3.8) is 0 Å². The lowest BCUT2D eigenvalue weighted by atomic mass is 10.00. The van der Waals surface area contributed by atoms with E-state index in [9.17, 15) is 22.8 Å². The summed E-state index contributed by atoms with van der Waals surface area (Å²) in [5, 5.41) is 11.2. The summed E-state index contributed by atoms with van der Waals surface area (Å²) in [4.78, 5) is 22.5. The van der Waals surface area contributed by atoms with E-state index in [1.54, 1.807) is 24.3 Å². The molecule has 0 fully saturated rings. The van der Waals surface area contributed by atoms with Crippen molar-refractivity contribution in [1.82, 2.24) is 5.32 Å². The van der Waals surface area contributed by atoms with E-state index in [1.165, 1.54) is 17.7 Å². The Labute approximate surface area is 220 Å². The number of hydrogen-bond donors (Lipinski definition) is 2. The van der Waals surface area contributed by atoms with E-state index in [2.05, 4.69) is 5.32 Å². The van der Waals surface area contributed by atoms with Gasteiger partial charge in [0.1, 0.15) is 5.75 Å². The van der Waals surface area contributed by atoms with Gasteiger partial charge in [0.25, 0.3) is 5.91 Å². The van der Waals surface area contributed by atoms with Crippen molar-refractivity contribution in [2.75, 3.05) is 13.2 Å². The van der Waals surface area contributed by atoms with Gasteiger partial charge in [0.15, 0.2) is 0 Å². The lowest BCUT2D eigenvalue weighted by Gasteiger charge is -2.09. The predicted octanol–water partition coefficient (Wildman–Crippen LogP) is 7.15. The molecule has 0 aliphatic carbocycles. The maximum Gasteiger partial charge on any atom is 0.416 e. The number of hydrogen-bond acceptors (Lipinski definition) is 3. The van der Waals surface area contributed by atoms with Gasteiger partial charge in [0.2, 0.25) is 0 Å². The number of amides is 1. The van der Waals surface area contributed by atoms with Crippen LogP contribution in [0.15, 0.2) is 72.8 Å². The molecule has 202 valence electrons. The van der Waals surface area contributed by atoms with Gasteiger partial charge in [0.05, 0.1) is 18.6 Å². The highest BCUT2D eigenvalue weighted by molar-refractivity contribution is 5.94. The predicted molar refractivity (Wildman–Crippen MR) is 140 cm³/mol. The zero-order valence-corrected chi connectivity index (χ0v) is 21.1. The molecule has 0 spiro atoms. The minimum atomic E-state index is -4.32. The zero-order chi connectivity index (χ0) is 27.4. The van der Waals surface area contributed by atoms with Crippen LogP contribution in [0.4, 0.5) is 13.2 Å². The van der Waals surface area contributed by atoms with Crippen LogP contribution in [0.2, 0.25) is 0 Å². The van der Waals surface area contributed by atoms with Crippen LogP contribution in [0.25, 0.3) is 11.1 Å². The molecule has 0 aliphatic rings. The van der Waals surface area contributed by atoms with E-state index in [4.69, 9.17) is 9.84 Å². The Morgan fingerprint density at radius 3 is 1.95 bits per heavy atom. The van der Waals surface area contributed by atoms with Crippen molar-refractivity contribution in [2.45, 2.75) is 51.1 Å². The fraction of sp³-hybridized carbons (Fsp3) is 0.333. The molecule has 1 amide bonds. The van der Waals surface area contributed by atoms with E-state index < -0.39 is 17.7 Å². The fourth-order valence-corrected chi connectivity index (χ4v) is 3.95. The number of rotatable bonds is 14. The number of ether oxygens (including phenoxy) is 1. The second-order valence-corrected chi connectivity index (χ2v) is 9.06. The standard InChI is InChI=1S/C30H32F3NO4/c31-30(32,33)26-15-11-24(12-16-26)23-9-7-22(8-10-23)6-4-2-1-3-5-21-38-27-17-13-25(14-18-27)29(37)34-20-19-28(35)36/h7-18H,1-6,19-21H2,(H,34,37)(H,35,36). The summed E-state index contributed by atoms with van der Waals surface area (Å²) >= 11 is 0. The molecule has 0 aromatic heterocycles. The van der Waals surface area contributed by atoms with E-state index in [0.29, 0.717) is 17.9 Å². The zero-order valence-electron chi connectivity index (χ0n) is 21.1. The van der Waals surface area contributed by atoms with Gasteiger partial charge >= 0.3 is 12.1 Å². The monoisotopic (exact) mass is 527 g/mol. The van der Waals surface area contributed by atoms with Crippen LogP contribution >= 0.6 is 0 Å². The number of alkyl halides is 3. The lowest BCUT2D eigenvalue weighted by Crippen LogP contribution is -2.25. The van der Waals surface area contributed by atoms with Gasteiger partial charge in [-0.2, -0.15) is 13.2 Å². The Kier molecular flexibility index (Phi) is 10.8.